The first kappa shape index (κ1) is 23.6. The summed E-state index contributed by atoms with van der Waals surface area (Å²) in [4.78, 5) is 13.3. The highest BCUT2D eigenvalue weighted by Crippen LogP contribution is 2.33. The van der Waals surface area contributed by atoms with Crippen LogP contribution in [0, 0.1) is 11.8 Å². The quantitative estimate of drug-likeness (QED) is 0.245. The molecule has 4 nitrogen and oxygen atoms in total. The fourth-order valence-corrected chi connectivity index (χ4v) is 5.40. The van der Waals surface area contributed by atoms with Crippen LogP contribution in [0.1, 0.15) is 54.9 Å². The molecule has 1 aliphatic rings. The molecular weight excluding hydrogens is 432 g/mol. The molecule has 1 saturated heterocycles. The number of rotatable bonds is 11. The van der Waals surface area contributed by atoms with Gasteiger partial charge >= 0.3 is 0 Å². The van der Waals surface area contributed by atoms with Crippen LogP contribution in [0.15, 0.2) is 66.7 Å². The van der Waals surface area contributed by atoms with E-state index in [1.165, 1.54) is 61.6 Å². The number of fused-ring (bicyclic) bond motifs is 3. The van der Waals surface area contributed by atoms with Gasteiger partial charge in [-0.15, -0.1) is 0 Å². The van der Waals surface area contributed by atoms with Crippen LogP contribution >= 0.6 is 0 Å². The summed E-state index contributed by atoms with van der Waals surface area (Å²) in [6.45, 7) is 5.69. The highest BCUT2D eigenvalue weighted by Gasteiger charge is 2.21. The summed E-state index contributed by atoms with van der Waals surface area (Å²) in [5.41, 5.74) is 3.90. The number of carbonyl (C=O) groups is 1. The number of unbranched alkanes of at least 4 members (excludes halogenated alkanes) is 1. The van der Waals surface area contributed by atoms with Crippen molar-refractivity contribution in [1.82, 2.24) is 9.88 Å². The summed E-state index contributed by atoms with van der Waals surface area (Å²) in [7, 11) is 1.64. The summed E-state index contributed by atoms with van der Waals surface area (Å²) < 4.78 is 7.75. The second kappa shape index (κ2) is 10.7. The maximum Gasteiger partial charge on any atom is 0.193 e. The summed E-state index contributed by atoms with van der Waals surface area (Å²) in [6.07, 6.45) is 6.41. The standard InChI is InChI=1S/C31H36N2O2/c1-3-4-7-22(10-11-23-19-32-20-23)21-33-29-9-6-5-8-27(29)28-18-25(14-17-30(28)33)31(34)24-12-15-26(35-2)16-13-24/h5-6,8-9,12-18,22-23,32H,3-4,7,10-11,19-21H2,1-2H3. The Bertz CT molecular complexity index is 1300. The second-order valence-corrected chi connectivity index (χ2v) is 10.0. The van der Waals surface area contributed by atoms with Gasteiger partial charge in [-0.2, -0.15) is 0 Å². The maximum atomic E-state index is 13.3. The Morgan fingerprint density at radius 3 is 2.43 bits per heavy atom. The van der Waals surface area contributed by atoms with Gasteiger partial charge in [0.05, 0.1) is 7.11 Å². The molecule has 1 unspecified atom stereocenters. The van der Waals surface area contributed by atoms with Gasteiger partial charge in [0.15, 0.2) is 5.78 Å². The molecule has 4 aromatic rings. The lowest BCUT2D eigenvalue weighted by Crippen LogP contribution is -2.42. The predicted molar refractivity (Wildman–Crippen MR) is 144 cm³/mol. The van der Waals surface area contributed by atoms with Crippen LogP contribution in [0.5, 0.6) is 5.75 Å². The number of aromatic nitrogens is 1. The number of hydrogen-bond acceptors (Lipinski definition) is 3. The van der Waals surface area contributed by atoms with Crippen LogP contribution in [0.25, 0.3) is 21.8 Å². The van der Waals surface area contributed by atoms with E-state index in [4.69, 9.17) is 4.74 Å². The van der Waals surface area contributed by atoms with Gasteiger partial charge in [-0.05, 0) is 92.7 Å². The molecule has 0 spiro atoms. The van der Waals surface area contributed by atoms with Gasteiger partial charge in [0.25, 0.3) is 0 Å². The molecule has 0 amide bonds. The fraction of sp³-hybridized carbons (Fsp3) is 0.387. The minimum absolute atomic E-state index is 0.0429. The number of nitrogens with zero attached hydrogens (tertiary/aromatic N) is 1. The van der Waals surface area contributed by atoms with Gasteiger partial charge < -0.3 is 14.6 Å². The number of para-hydroxylation sites is 1. The molecule has 0 saturated carbocycles. The topological polar surface area (TPSA) is 43.3 Å². The molecule has 0 radical (unpaired) electrons. The van der Waals surface area contributed by atoms with Crippen molar-refractivity contribution in [2.24, 2.45) is 11.8 Å². The van der Waals surface area contributed by atoms with Crippen molar-refractivity contribution in [3.05, 3.63) is 77.9 Å². The van der Waals surface area contributed by atoms with Gasteiger partial charge in [-0.25, -0.2) is 0 Å². The lowest BCUT2D eigenvalue weighted by Gasteiger charge is -2.29. The van der Waals surface area contributed by atoms with Crippen molar-refractivity contribution in [2.45, 2.75) is 45.6 Å². The average molecular weight is 469 g/mol. The third-order valence-corrected chi connectivity index (χ3v) is 7.64. The molecule has 2 heterocycles. The third kappa shape index (κ3) is 4.99. The maximum absolute atomic E-state index is 13.3. The van der Waals surface area contributed by atoms with Gasteiger partial charge in [-0.3, -0.25) is 4.79 Å². The lowest BCUT2D eigenvalue weighted by molar-refractivity contribution is 0.103. The zero-order valence-corrected chi connectivity index (χ0v) is 20.9. The van der Waals surface area contributed by atoms with E-state index in [1.54, 1.807) is 7.11 Å². The van der Waals surface area contributed by atoms with Crippen molar-refractivity contribution >= 4 is 27.6 Å². The Kier molecular flexibility index (Phi) is 7.19. The summed E-state index contributed by atoms with van der Waals surface area (Å²) in [5.74, 6) is 2.33. The van der Waals surface area contributed by atoms with Gasteiger partial charge in [0, 0.05) is 39.5 Å². The third-order valence-electron chi connectivity index (χ3n) is 7.64. The van der Waals surface area contributed by atoms with E-state index in [0.717, 1.165) is 29.2 Å². The molecule has 1 aromatic heterocycles. The molecular formula is C31H36N2O2. The van der Waals surface area contributed by atoms with Crippen molar-refractivity contribution in [1.29, 1.82) is 0 Å². The monoisotopic (exact) mass is 468 g/mol. The summed E-state index contributed by atoms with van der Waals surface area (Å²) in [5, 5.41) is 5.81. The molecule has 3 aromatic carbocycles. The fourth-order valence-electron chi connectivity index (χ4n) is 5.40. The Morgan fingerprint density at radius 1 is 0.971 bits per heavy atom. The van der Waals surface area contributed by atoms with Crippen molar-refractivity contribution < 1.29 is 9.53 Å². The summed E-state index contributed by atoms with van der Waals surface area (Å²) in [6, 6.07) is 22.2. The number of ketones is 1. The van der Waals surface area contributed by atoms with E-state index in [0.29, 0.717) is 11.5 Å². The molecule has 0 aliphatic carbocycles. The SMILES string of the molecule is CCCCC(CCC1CNC1)Cn1c2ccccc2c2cc(C(=O)c3ccc(OC)cc3)ccc21. The van der Waals surface area contributed by atoms with Crippen LogP contribution in [-0.2, 0) is 6.54 Å². The molecule has 1 N–H and O–H groups in total. The Labute approximate surface area is 208 Å². The number of hydrogen-bond donors (Lipinski definition) is 1. The smallest absolute Gasteiger partial charge is 0.193 e. The number of methoxy groups -OCH3 is 1. The first-order valence-electron chi connectivity index (χ1n) is 13.1. The van der Waals surface area contributed by atoms with Crippen molar-refractivity contribution in [3.63, 3.8) is 0 Å². The molecule has 35 heavy (non-hydrogen) atoms. The van der Waals surface area contributed by atoms with Crippen LogP contribution < -0.4 is 10.1 Å². The van der Waals surface area contributed by atoms with Crippen LogP contribution in [0.4, 0.5) is 0 Å². The first-order chi connectivity index (χ1) is 17.2. The van der Waals surface area contributed by atoms with Crippen molar-refractivity contribution in [2.75, 3.05) is 20.2 Å². The molecule has 5 rings (SSSR count). The first-order valence-corrected chi connectivity index (χ1v) is 13.1. The highest BCUT2D eigenvalue weighted by molar-refractivity contribution is 6.14. The number of carbonyl (C=O) groups excluding carboxylic acids is 1. The Morgan fingerprint density at radius 2 is 1.71 bits per heavy atom. The number of benzene rings is 3. The van der Waals surface area contributed by atoms with Gasteiger partial charge in [-0.1, -0.05) is 38.0 Å². The van der Waals surface area contributed by atoms with E-state index in [2.05, 4.69) is 53.2 Å². The largest absolute Gasteiger partial charge is 0.497 e. The lowest BCUT2D eigenvalue weighted by atomic mass is 9.89. The number of ether oxygens (including phenoxy) is 1. The molecule has 1 atom stereocenters. The average Bonchev–Trinajstić information content (AvgIpc) is 3.18. The molecule has 1 aliphatic heterocycles. The molecule has 1 fully saturated rings. The highest BCUT2D eigenvalue weighted by atomic mass is 16.5. The van der Waals surface area contributed by atoms with E-state index in [1.807, 2.05) is 30.3 Å². The summed E-state index contributed by atoms with van der Waals surface area (Å²) >= 11 is 0. The van der Waals surface area contributed by atoms with Crippen LogP contribution in [0.3, 0.4) is 0 Å². The minimum Gasteiger partial charge on any atom is -0.497 e. The Balaban J connectivity index is 1.48. The zero-order chi connectivity index (χ0) is 24.2. The normalized spacial score (nSPS) is 14.8. The predicted octanol–water partition coefficient (Wildman–Crippen LogP) is 6.84. The van der Waals surface area contributed by atoms with E-state index in [9.17, 15) is 4.79 Å². The molecule has 182 valence electrons. The van der Waals surface area contributed by atoms with Gasteiger partial charge in [0.1, 0.15) is 5.75 Å². The van der Waals surface area contributed by atoms with Gasteiger partial charge in [0.2, 0.25) is 0 Å². The molecule has 4 heteroatoms. The van der Waals surface area contributed by atoms with Crippen molar-refractivity contribution in [3.8, 4) is 5.75 Å². The van der Waals surface area contributed by atoms with Crippen LogP contribution in [-0.4, -0.2) is 30.5 Å². The van der Waals surface area contributed by atoms with E-state index >= 15 is 0 Å². The van der Waals surface area contributed by atoms with E-state index < -0.39 is 0 Å². The van der Waals surface area contributed by atoms with E-state index in [-0.39, 0.29) is 5.78 Å². The second-order valence-electron chi connectivity index (χ2n) is 10.0. The number of nitrogens with one attached hydrogen (secondary N) is 1. The van der Waals surface area contributed by atoms with Crippen LogP contribution in [0.2, 0.25) is 0 Å². The Hall–Kier alpha value is -3.11. The zero-order valence-electron chi connectivity index (χ0n) is 20.9. The minimum atomic E-state index is 0.0429. The molecule has 0 bridgehead atoms.